The van der Waals surface area contributed by atoms with Gasteiger partial charge in [0.15, 0.2) is 0 Å². The monoisotopic (exact) mass is 185 g/mol. The summed E-state index contributed by atoms with van der Waals surface area (Å²) < 4.78 is 5.01. The first kappa shape index (κ1) is 12.0. The predicted octanol–water partition coefficient (Wildman–Crippen LogP) is 2.29. The molecule has 0 atom stereocenters. The average Bonchev–Trinajstić information content (AvgIpc) is 2.10. The maximum Gasteiger partial charge on any atom is 0.409 e. The number of hydrogen-bond donors (Lipinski definition) is 0. The van der Waals surface area contributed by atoms with Crippen LogP contribution < -0.4 is 0 Å². The Labute approximate surface area is 80.4 Å². The van der Waals surface area contributed by atoms with E-state index >= 15 is 0 Å². The molecule has 0 unspecified atom stereocenters. The van der Waals surface area contributed by atoms with Crippen molar-refractivity contribution >= 4 is 6.09 Å². The summed E-state index contributed by atoms with van der Waals surface area (Å²) in [4.78, 5) is 12.8. The fourth-order valence-electron chi connectivity index (χ4n) is 0.724. The van der Waals surface area contributed by atoms with Gasteiger partial charge in [0, 0.05) is 13.6 Å². The molecule has 0 rings (SSSR count). The molecule has 76 valence electrons. The van der Waals surface area contributed by atoms with Gasteiger partial charge in [-0.25, -0.2) is 4.79 Å². The van der Waals surface area contributed by atoms with Crippen molar-refractivity contribution in [3.05, 3.63) is 12.7 Å². The van der Waals surface area contributed by atoms with Crippen LogP contribution in [0, 0.1) is 5.92 Å². The number of rotatable bonds is 5. The molecule has 0 aliphatic heterocycles. The third kappa shape index (κ3) is 6.20. The van der Waals surface area contributed by atoms with Crippen LogP contribution in [-0.2, 0) is 4.74 Å². The first-order valence-electron chi connectivity index (χ1n) is 4.56. The molecule has 1 amide bonds. The van der Waals surface area contributed by atoms with E-state index in [0.29, 0.717) is 19.1 Å². The standard InChI is InChI=1S/C10H19NO2/c1-5-6-7-11(4)10(12)13-8-9(2)3/h5,9H,1,6-8H2,2-4H3. The van der Waals surface area contributed by atoms with E-state index in [1.54, 1.807) is 18.0 Å². The van der Waals surface area contributed by atoms with E-state index in [1.807, 2.05) is 13.8 Å². The largest absolute Gasteiger partial charge is 0.449 e. The minimum absolute atomic E-state index is 0.254. The van der Waals surface area contributed by atoms with Crippen molar-refractivity contribution in [1.82, 2.24) is 4.90 Å². The normalized spacial score (nSPS) is 9.85. The smallest absolute Gasteiger partial charge is 0.409 e. The topological polar surface area (TPSA) is 29.5 Å². The van der Waals surface area contributed by atoms with Crippen LogP contribution in [0.4, 0.5) is 4.79 Å². The van der Waals surface area contributed by atoms with Gasteiger partial charge in [0.25, 0.3) is 0 Å². The van der Waals surface area contributed by atoms with E-state index in [0.717, 1.165) is 6.42 Å². The third-order valence-corrected chi connectivity index (χ3v) is 1.52. The lowest BCUT2D eigenvalue weighted by atomic mass is 10.2. The molecule has 0 aromatic heterocycles. The van der Waals surface area contributed by atoms with Crippen LogP contribution in [0.5, 0.6) is 0 Å². The third-order valence-electron chi connectivity index (χ3n) is 1.52. The lowest BCUT2D eigenvalue weighted by Crippen LogP contribution is -2.29. The Bertz CT molecular complexity index is 166. The van der Waals surface area contributed by atoms with E-state index < -0.39 is 0 Å². The molecule has 0 N–H and O–H groups in total. The lowest BCUT2D eigenvalue weighted by molar-refractivity contribution is 0.100. The zero-order chi connectivity index (χ0) is 10.3. The minimum Gasteiger partial charge on any atom is -0.449 e. The van der Waals surface area contributed by atoms with Gasteiger partial charge in [0.1, 0.15) is 0 Å². The van der Waals surface area contributed by atoms with E-state index in [2.05, 4.69) is 6.58 Å². The van der Waals surface area contributed by atoms with Gasteiger partial charge in [-0.2, -0.15) is 0 Å². The Kier molecular flexibility index (Phi) is 6.02. The number of hydrogen-bond acceptors (Lipinski definition) is 2. The van der Waals surface area contributed by atoms with Gasteiger partial charge in [-0.15, -0.1) is 6.58 Å². The SMILES string of the molecule is C=CCCN(C)C(=O)OCC(C)C. The molecule has 0 aromatic rings. The number of ether oxygens (including phenoxy) is 1. The van der Waals surface area contributed by atoms with E-state index in [9.17, 15) is 4.79 Å². The molecule has 0 heterocycles. The second-order valence-electron chi connectivity index (χ2n) is 3.47. The molecule has 3 nitrogen and oxygen atoms in total. The lowest BCUT2D eigenvalue weighted by Gasteiger charge is -2.16. The maximum absolute atomic E-state index is 11.2. The van der Waals surface area contributed by atoms with E-state index in [1.165, 1.54) is 0 Å². The molecule has 0 aliphatic rings. The van der Waals surface area contributed by atoms with Gasteiger partial charge < -0.3 is 9.64 Å². The van der Waals surface area contributed by atoms with Crippen molar-refractivity contribution in [1.29, 1.82) is 0 Å². The molecule has 0 saturated carbocycles. The summed E-state index contributed by atoms with van der Waals surface area (Å²) in [6.45, 7) is 8.76. The van der Waals surface area contributed by atoms with Crippen molar-refractivity contribution in [2.75, 3.05) is 20.2 Å². The summed E-state index contributed by atoms with van der Waals surface area (Å²) in [5, 5.41) is 0. The second-order valence-corrected chi connectivity index (χ2v) is 3.47. The Morgan fingerprint density at radius 2 is 2.23 bits per heavy atom. The van der Waals surface area contributed by atoms with Crippen LogP contribution in [0.2, 0.25) is 0 Å². The average molecular weight is 185 g/mol. The van der Waals surface area contributed by atoms with Crippen molar-refractivity contribution in [2.45, 2.75) is 20.3 Å². The van der Waals surface area contributed by atoms with Crippen LogP contribution >= 0.6 is 0 Å². The molecule has 0 bridgehead atoms. The Hall–Kier alpha value is -0.990. The number of carbonyl (C=O) groups excluding carboxylic acids is 1. The summed E-state index contributed by atoms with van der Waals surface area (Å²) in [6.07, 6.45) is 2.33. The summed E-state index contributed by atoms with van der Waals surface area (Å²) in [5.41, 5.74) is 0. The number of amides is 1. The van der Waals surface area contributed by atoms with E-state index in [4.69, 9.17) is 4.74 Å². The van der Waals surface area contributed by atoms with Crippen molar-refractivity contribution in [3.63, 3.8) is 0 Å². The quantitative estimate of drug-likeness (QED) is 0.615. The van der Waals surface area contributed by atoms with Crippen LogP contribution in [0.1, 0.15) is 20.3 Å². The highest BCUT2D eigenvalue weighted by Crippen LogP contribution is 1.97. The van der Waals surface area contributed by atoms with Crippen molar-refractivity contribution in [2.24, 2.45) is 5.92 Å². The second kappa shape index (κ2) is 6.52. The molecule has 3 heteroatoms. The fraction of sp³-hybridized carbons (Fsp3) is 0.700. The molecule has 0 saturated heterocycles. The fourth-order valence-corrected chi connectivity index (χ4v) is 0.724. The highest BCUT2D eigenvalue weighted by molar-refractivity contribution is 5.67. The van der Waals surface area contributed by atoms with Crippen LogP contribution in [0.3, 0.4) is 0 Å². The predicted molar refractivity (Wildman–Crippen MR) is 53.6 cm³/mol. The Morgan fingerprint density at radius 1 is 1.62 bits per heavy atom. The summed E-state index contributed by atoms with van der Waals surface area (Å²) >= 11 is 0. The molecule has 0 radical (unpaired) electrons. The van der Waals surface area contributed by atoms with Gasteiger partial charge in [-0.05, 0) is 12.3 Å². The molecule has 0 aliphatic carbocycles. The van der Waals surface area contributed by atoms with Gasteiger partial charge >= 0.3 is 6.09 Å². The zero-order valence-corrected chi connectivity index (χ0v) is 8.75. The minimum atomic E-state index is -0.254. The van der Waals surface area contributed by atoms with Gasteiger partial charge in [-0.3, -0.25) is 0 Å². The summed E-state index contributed by atoms with van der Waals surface area (Å²) in [6, 6.07) is 0. The highest BCUT2D eigenvalue weighted by Gasteiger charge is 2.08. The van der Waals surface area contributed by atoms with Crippen LogP contribution in [-0.4, -0.2) is 31.2 Å². The molecule has 13 heavy (non-hydrogen) atoms. The zero-order valence-electron chi connectivity index (χ0n) is 8.75. The van der Waals surface area contributed by atoms with Gasteiger partial charge in [0.05, 0.1) is 6.61 Å². The Morgan fingerprint density at radius 3 is 2.69 bits per heavy atom. The summed E-state index contributed by atoms with van der Waals surface area (Å²) in [7, 11) is 1.73. The molecular formula is C10H19NO2. The summed E-state index contributed by atoms with van der Waals surface area (Å²) in [5.74, 6) is 0.386. The van der Waals surface area contributed by atoms with Gasteiger partial charge in [0.2, 0.25) is 0 Å². The Balaban J connectivity index is 3.62. The molecule has 0 aromatic carbocycles. The van der Waals surface area contributed by atoms with Crippen LogP contribution in [0.15, 0.2) is 12.7 Å². The molecule has 0 spiro atoms. The highest BCUT2D eigenvalue weighted by atomic mass is 16.6. The van der Waals surface area contributed by atoms with Gasteiger partial charge in [-0.1, -0.05) is 19.9 Å². The number of carbonyl (C=O) groups is 1. The molecular weight excluding hydrogens is 166 g/mol. The van der Waals surface area contributed by atoms with Crippen molar-refractivity contribution < 1.29 is 9.53 Å². The van der Waals surface area contributed by atoms with E-state index in [-0.39, 0.29) is 6.09 Å². The maximum atomic E-state index is 11.2. The van der Waals surface area contributed by atoms with Crippen molar-refractivity contribution in [3.8, 4) is 0 Å². The molecule has 0 fully saturated rings. The number of nitrogens with zero attached hydrogens (tertiary/aromatic N) is 1. The van der Waals surface area contributed by atoms with Crippen LogP contribution in [0.25, 0.3) is 0 Å². The first-order chi connectivity index (χ1) is 6.07. The first-order valence-corrected chi connectivity index (χ1v) is 4.56.